The van der Waals surface area contributed by atoms with Crippen molar-refractivity contribution in [2.24, 2.45) is 5.10 Å². The number of benzene rings is 3. The molecule has 11 heteroatoms. The predicted octanol–water partition coefficient (Wildman–Crippen LogP) is 4.49. The molecule has 0 spiro atoms. The van der Waals surface area contributed by atoms with Crippen LogP contribution in [0, 0.1) is 12.7 Å². The van der Waals surface area contributed by atoms with Crippen molar-refractivity contribution in [2.45, 2.75) is 24.5 Å². The summed E-state index contributed by atoms with van der Waals surface area (Å²) in [6.07, 6.45) is -3.80. The highest BCUT2D eigenvalue weighted by Gasteiger charge is 2.32. The summed E-state index contributed by atoms with van der Waals surface area (Å²) in [5, 5.41) is 3.54. The van der Waals surface area contributed by atoms with Crippen LogP contribution in [-0.4, -0.2) is 31.4 Å². The van der Waals surface area contributed by atoms with Gasteiger partial charge < -0.3 is 0 Å². The Bertz CT molecular complexity index is 1320. The molecule has 0 unspecified atom stereocenters. The molecule has 0 aromatic heterocycles. The van der Waals surface area contributed by atoms with Crippen molar-refractivity contribution >= 4 is 22.1 Å². The molecule has 0 atom stereocenters. The van der Waals surface area contributed by atoms with Crippen LogP contribution in [0.25, 0.3) is 0 Å². The van der Waals surface area contributed by atoms with E-state index in [-0.39, 0.29) is 16.0 Å². The van der Waals surface area contributed by atoms with E-state index in [4.69, 9.17) is 0 Å². The zero-order chi connectivity index (χ0) is 25.6. The summed E-state index contributed by atoms with van der Waals surface area (Å²) in [6.45, 7) is 0.579. The fourth-order valence-corrected chi connectivity index (χ4v) is 4.51. The lowest BCUT2D eigenvalue weighted by atomic mass is 10.1. The molecule has 0 aliphatic heterocycles. The first-order valence-corrected chi connectivity index (χ1v) is 11.7. The average Bonchev–Trinajstić information content (AvgIpc) is 2.80. The third kappa shape index (κ3) is 6.74. The predicted molar refractivity (Wildman–Crippen MR) is 122 cm³/mol. The summed E-state index contributed by atoms with van der Waals surface area (Å²) >= 11 is 0. The molecule has 35 heavy (non-hydrogen) atoms. The average molecular weight is 508 g/mol. The number of nitrogens with one attached hydrogen (secondary N) is 1. The molecule has 0 heterocycles. The summed E-state index contributed by atoms with van der Waals surface area (Å²) in [6, 6.07) is 16.0. The SMILES string of the molecule is Cc1ccc(S(=O)(=O)N(CC(=O)N/N=C\c2ccccc2C(F)(F)F)Cc2ccccc2F)cc1. The first kappa shape index (κ1) is 26.0. The third-order valence-electron chi connectivity index (χ3n) is 4.94. The highest BCUT2D eigenvalue weighted by Crippen LogP contribution is 2.31. The molecule has 0 aliphatic carbocycles. The van der Waals surface area contributed by atoms with Crippen LogP contribution in [-0.2, 0) is 27.5 Å². The van der Waals surface area contributed by atoms with Gasteiger partial charge in [-0.3, -0.25) is 4.79 Å². The topological polar surface area (TPSA) is 78.8 Å². The van der Waals surface area contributed by atoms with Crippen LogP contribution in [0.4, 0.5) is 17.6 Å². The summed E-state index contributed by atoms with van der Waals surface area (Å²) in [5.41, 5.74) is 1.67. The maximum atomic E-state index is 14.2. The van der Waals surface area contributed by atoms with E-state index in [2.05, 4.69) is 5.10 Å². The Morgan fingerprint density at radius 3 is 2.29 bits per heavy atom. The van der Waals surface area contributed by atoms with E-state index < -0.39 is 46.6 Å². The highest BCUT2D eigenvalue weighted by molar-refractivity contribution is 7.89. The van der Waals surface area contributed by atoms with E-state index in [1.54, 1.807) is 19.1 Å². The van der Waals surface area contributed by atoms with Crippen molar-refractivity contribution in [2.75, 3.05) is 6.54 Å². The Hall–Kier alpha value is -3.57. The van der Waals surface area contributed by atoms with Gasteiger partial charge in [0.25, 0.3) is 5.91 Å². The second-order valence-corrected chi connectivity index (χ2v) is 9.49. The maximum Gasteiger partial charge on any atom is 0.417 e. The largest absolute Gasteiger partial charge is 0.417 e. The standard InChI is InChI=1S/C24H21F4N3O3S/c1-17-10-12-20(13-11-17)35(33,34)31(15-19-7-3-5-9-22(19)25)16-23(32)30-29-14-18-6-2-4-8-21(18)24(26,27)28/h2-14H,15-16H2,1H3,(H,30,32)/b29-14-. The van der Waals surface area contributed by atoms with Crippen LogP contribution in [0.2, 0.25) is 0 Å². The molecule has 1 amide bonds. The molecule has 0 bridgehead atoms. The molecular weight excluding hydrogens is 486 g/mol. The number of halogens is 4. The van der Waals surface area contributed by atoms with Gasteiger partial charge in [0.15, 0.2) is 0 Å². The Labute approximate surface area is 199 Å². The van der Waals surface area contributed by atoms with Gasteiger partial charge in [-0.2, -0.15) is 22.6 Å². The third-order valence-corrected chi connectivity index (χ3v) is 6.75. The molecule has 184 valence electrons. The number of hydrogen-bond acceptors (Lipinski definition) is 4. The van der Waals surface area contributed by atoms with Crippen LogP contribution in [0.1, 0.15) is 22.3 Å². The zero-order valence-electron chi connectivity index (χ0n) is 18.5. The highest BCUT2D eigenvalue weighted by atomic mass is 32.2. The number of amides is 1. The van der Waals surface area contributed by atoms with Crippen molar-refractivity contribution in [3.8, 4) is 0 Å². The fourth-order valence-electron chi connectivity index (χ4n) is 3.14. The van der Waals surface area contributed by atoms with Gasteiger partial charge in [0.05, 0.1) is 23.2 Å². The molecule has 1 N–H and O–H groups in total. The number of rotatable bonds is 8. The van der Waals surface area contributed by atoms with Crippen molar-refractivity contribution in [1.82, 2.24) is 9.73 Å². The number of nitrogens with zero attached hydrogens (tertiary/aromatic N) is 2. The van der Waals surface area contributed by atoms with E-state index >= 15 is 0 Å². The lowest BCUT2D eigenvalue weighted by Crippen LogP contribution is -2.39. The van der Waals surface area contributed by atoms with E-state index in [1.165, 1.54) is 48.5 Å². The minimum atomic E-state index is -4.62. The molecular formula is C24H21F4N3O3S. The monoisotopic (exact) mass is 507 g/mol. The second-order valence-electron chi connectivity index (χ2n) is 7.56. The molecule has 0 aliphatic rings. The summed E-state index contributed by atoms with van der Waals surface area (Å²) in [4.78, 5) is 12.4. The number of aryl methyl sites for hydroxylation is 1. The molecule has 0 saturated carbocycles. The number of alkyl halides is 3. The first-order valence-electron chi connectivity index (χ1n) is 10.3. The molecule has 0 saturated heterocycles. The van der Waals surface area contributed by atoms with Crippen LogP contribution in [0.5, 0.6) is 0 Å². The first-order chi connectivity index (χ1) is 16.5. The second kappa shape index (κ2) is 10.8. The van der Waals surface area contributed by atoms with Gasteiger partial charge in [-0.05, 0) is 31.2 Å². The van der Waals surface area contributed by atoms with Crippen molar-refractivity contribution in [3.63, 3.8) is 0 Å². The Balaban J connectivity index is 1.82. The lowest BCUT2D eigenvalue weighted by molar-refractivity contribution is -0.137. The van der Waals surface area contributed by atoms with Crippen LogP contribution >= 0.6 is 0 Å². The molecule has 0 fully saturated rings. The number of hydrogen-bond donors (Lipinski definition) is 1. The molecule has 6 nitrogen and oxygen atoms in total. The van der Waals surface area contributed by atoms with Crippen LogP contribution in [0.3, 0.4) is 0 Å². The molecule has 0 radical (unpaired) electrons. The van der Waals surface area contributed by atoms with Crippen molar-refractivity contribution in [1.29, 1.82) is 0 Å². The van der Waals surface area contributed by atoms with Crippen molar-refractivity contribution < 1.29 is 30.8 Å². The number of carbonyl (C=O) groups is 1. The van der Waals surface area contributed by atoms with Gasteiger partial charge in [-0.25, -0.2) is 18.2 Å². The van der Waals surface area contributed by atoms with Gasteiger partial charge in [-0.15, -0.1) is 0 Å². The van der Waals surface area contributed by atoms with Gasteiger partial charge in [-0.1, -0.05) is 54.1 Å². The van der Waals surface area contributed by atoms with Crippen molar-refractivity contribution in [3.05, 3.63) is 101 Å². The number of hydrazone groups is 1. The summed E-state index contributed by atoms with van der Waals surface area (Å²) < 4.78 is 80.7. The number of sulfonamides is 1. The summed E-state index contributed by atoms with van der Waals surface area (Å²) in [5.74, 6) is -1.57. The quantitative estimate of drug-likeness (QED) is 0.277. The fraction of sp³-hybridized carbons (Fsp3) is 0.167. The zero-order valence-corrected chi connectivity index (χ0v) is 19.3. The molecule has 3 aromatic carbocycles. The Morgan fingerprint density at radius 2 is 1.63 bits per heavy atom. The van der Waals surface area contributed by atoms with E-state index in [9.17, 15) is 30.8 Å². The van der Waals surface area contributed by atoms with Gasteiger partial charge >= 0.3 is 6.18 Å². The number of carbonyl (C=O) groups excluding carboxylic acids is 1. The van der Waals surface area contributed by atoms with Gasteiger partial charge in [0.1, 0.15) is 5.82 Å². The van der Waals surface area contributed by atoms with Gasteiger partial charge in [0, 0.05) is 17.7 Å². The minimum absolute atomic E-state index is 0.0404. The van der Waals surface area contributed by atoms with Crippen LogP contribution < -0.4 is 5.43 Å². The maximum absolute atomic E-state index is 14.2. The Kier molecular flexibility index (Phi) is 8.03. The molecule has 3 aromatic rings. The van der Waals surface area contributed by atoms with Gasteiger partial charge in [0.2, 0.25) is 10.0 Å². The van der Waals surface area contributed by atoms with E-state index in [0.717, 1.165) is 28.2 Å². The van der Waals surface area contributed by atoms with E-state index in [1.807, 2.05) is 5.43 Å². The lowest BCUT2D eigenvalue weighted by Gasteiger charge is -2.22. The van der Waals surface area contributed by atoms with Crippen LogP contribution in [0.15, 0.2) is 82.8 Å². The molecule has 3 rings (SSSR count). The normalized spacial score (nSPS) is 12.3. The van der Waals surface area contributed by atoms with E-state index in [0.29, 0.717) is 0 Å². The minimum Gasteiger partial charge on any atom is -0.272 e. The summed E-state index contributed by atoms with van der Waals surface area (Å²) in [7, 11) is -4.23. The Morgan fingerprint density at radius 1 is 1.00 bits per heavy atom. The smallest absolute Gasteiger partial charge is 0.272 e.